The van der Waals surface area contributed by atoms with E-state index in [9.17, 15) is 0 Å². The third-order valence-corrected chi connectivity index (χ3v) is 1.21. The minimum Gasteiger partial charge on any atom is -0.429 e. The first-order chi connectivity index (χ1) is 4.41. The van der Waals surface area contributed by atoms with Crippen LogP contribution in [-0.4, -0.2) is 30.8 Å². The maximum absolute atomic E-state index is 7.00. The average Bonchev–Trinajstić information content (AvgIpc) is 1.93. The molecule has 3 N–H and O–H groups in total. The van der Waals surface area contributed by atoms with Gasteiger partial charge in [0, 0.05) is 0 Å². The van der Waals surface area contributed by atoms with Crippen molar-refractivity contribution in [1.82, 2.24) is 5.32 Å². The number of hydrogen-bond donors (Lipinski definition) is 3. The molecule has 3 nitrogen and oxygen atoms in total. The first kappa shape index (κ1) is 8.94. The first-order valence-corrected chi connectivity index (χ1v) is 3.22. The van der Waals surface area contributed by atoms with Gasteiger partial charge in [-0.05, 0) is 25.9 Å². The van der Waals surface area contributed by atoms with Gasteiger partial charge in [0.15, 0.2) is 0 Å². The molecule has 0 saturated carbocycles. The molecule has 1 saturated heterocycles. The van der Waals surface area contributed by atoms with E-state index in [4.69, 9.17) is 10.0 Å². The van der Waals surface area contributed by atoms with Crippen LogP contribution < -0.4 is 5.32 Å². The van der Waals surface area contributed by atoms with Crippen molar-refractivity contribution in [3.8, 4) is 0 Å². The Morgan fingerprint density at radius 3 is 1.56 bits per heavy atom. The fourth-order valence-corrected chi connectivity index (χ4v) is 0.802. The molecule has 0 spiro atoms. The van der Waals surface area contributed by atoms with E-state index in [1.54, 1.807) is 0 Å². The van der Waals surface area contributed by atoms with Crippen LogP contribution in [0.25, 0.3) is 0 Å². The average molecular weight is 130 g/mol. The largest absolute Gasteiger partial charge is 0.482 e. The number of piperidine rings is 1. The quantitative estimate of drug-likeness (QED) is 0.378. The summed E-state index contributed by atoms with van der Waals surface area (Å²) in [5, 5.41) is 17.3. The third-order valence-electron chi connectivity index (χ3n) is 1.21. The highest BCUT2D eigenvalue weighted by Gasteiger charge is 1.93. The molecule has 0 aromatic heterocycles. The summed E-state index contributed by atoms with van der Waals surface area (Å²) in [5.74, 6) is 0. The molecule has 1 aliphatic rings. The minimum atomic E-state index is 0. The van der Waals surface area contributed by atoms with Crippen LogP contribution in [0.2, 0.25) is 0 Å². The molecule has 1 aliphatic heterocycles. The van der Waals surface area contributed by atoms with E-state index in [0.717, 1.165) is 0 Å². The van der Waals surface area contributed by atoms with Gasteiger partial charge >= 0.3 is 7.69 Å². The topological polar surface area (TPSA) is 52.5 Å². The molecule has 53 valence electrons. The van der Waals surface area contributed by atoms with E-state index >= 15 is 0 Å². The van der Waals surface area contributed by atoms with Crippen LogP contribution in [0.3, 0.4) is 0 Å². The second-order valence-corrected chi connectivity index (χ2v) is 1.93. The van der Waals surface area contributed by atoms with Crippen LogP contribution in [0.15, 0.2) is 0 Å². The fourth-order valence-electron chi connectivity index (χ4n) is 0.802. The van der Waals surface area contributed by atoms with Crippen LogP contribution in [0, 0.1) is 0 Å². The predicted octanol–water partition coefficient (Wildman–Crippen LogP) is -0.735. The first-order valence-electron chi connectivity index (χ1n) is 3.22. The lowest BCUT2D eigenvalue weighted by atomic mass is 10.2. The molecular formula is C5H13BNO2. The molecule has 0 amide bonds. The standard InChI is InChI=1S/C5H11N.BH2O2/c1-2-4-6-5-3-1;2-1-3/h6H,1-5H2;2-3H. The summed E-state index contributed by atoms with van der Waals surface area (Å²) < 4.78 is 0. The van der Waals surface area contributed by atoms with Gasteiger partial charge in [0.25, 0.3) is 0 Å². The van der Waals surface area contributed by atoms with Gasteiger partial charge in [-0.15, -0.1) is 0 Å². The lowest BCUT2D eigenvalue weighted by molar-refractivity contribution is 0.448. The van der Waals surface area contributed by atoms with Gasteiger partial charge in [-0.1, -0.05) is 6.42 Å². The van der Waals surface area contributed by atoms with E-state index in [1.807, 2.05) is 0 Å². The molecule has 0 atom stereocenters. The Labute approximate surface area is 56.4 Å². The summed E-state index contributed by atoms with van der Waals surface area (Å²) in [4.78, 5) is 0. The molecule has 1 rings (SSSR count). The van der Waals surface area contributed by atoms with Crippen molar-refractivity contribution in [3.63, 3.8) is 0 Å². The van der Waals surface area contributed by atoms with Crippen LogP contribution in [0.5, 0.6) is 0 Å². The molecular weight excluding hydrogens is 117 g/mol. The predicted molar refractivity (Wildman–Crippen MR) is 36.9 cm³/mol. The molecule has 0 aliphatic carbocycles. The Morgan fingerprint density at radius 2 is 1.44 bits per heavy atom. The van der Waals surface area contributed by atoms with Crippen molar-refractivity contribution >= 4 is 7.69 Å². The molecule has 0 unspecified atom stereocenters. The minimum absolute atomic E-state index is 0. The van der Waals surface area contributed by atoms with Crippen molar-refractivity contribution < 1.29 is 10.0 Å². The Bertz CT molecular complexity index is 38.7. The number of hydrogen-bond acceptors (Lipinski definition) is 3. The summed E-state index contributed by atoms with van der Waals surface area (Å²) in [7, 11) is 0. The van der Waals surface area contributed by atoms with Crippen molar-refractivity contribution in [2.45, 2.75) is 19.3 Å². The van der Waals surface area contributed by atoms with Crippen molar-refractivity contribution in [3.05, 3.63) is 0 Å². The van der Waals surface area contributed by atoms with E-state index < -0.39 is 0 Å². The lowest BCUT2D eigenvalue weighted by Crippen LogP contribution is -2.21. The Balaban J connectivity index is 0.000000187. The Hall–Kier alpha value is -0.0551. The molecule has 9 heavy (non-hydrogen) atoms. The molecule has 1 radical (unpaired) electrons. The summed E-state index contributed by atoms with van der Waals surface area (Å²) >= 11 is 0. The van der Waals surface area contributed by atoms with Gasteiger partial charge in [0.05, 0.1) is 0 Å². The van der Waals surface area contributed by atoms with Crippen LogP contribution >= 0.6 is 0 Å². The normalized spacial score (nSPS) is 17.6. The molecule has 4 heteroatoms. The van der Waals surface area contributed by atoms with E-state index in [0.29, 0.717) is 0 Å². The van der Waals surface area contributed by atoms with Crippen LogP contribution in [0.4, 0.5) is 0 Å². The number of nitrogens with one attached hydrogen (secondary N) is 1. The summed E-state index contributed by atoms with van der Waals surface area (Å²) in [5.41, 5.74) is 0. The monoisotopic (exact) mass is 130 g/mol. The van der Waals surface area contributed by atoms with Gasteiger partial charge in [0.2, 0.25) is 0 Å². The van der Waals surface area contributed by atoms with Crippen molar-refractivity contribution in [1.29, 1.82) is 0 Å². The second-order valence-electron chi connectivity index (χ2n) is 1.93. The highest BCUT2D eigenvalue weighted by molar-refractivity contribution is 6.13. The highest BCUT2D eigenvalue weighted by atomic mass is 16.4. The zero-order chi connectivity index (χ0) is 6.95. The maximum atomic E-state index is 7.00. The Morgan fingerprint density at radius 1 is 1.00 bits per heavy atom. The SMILES string of the molecule is C1CCNCC1.O[B]O. The smallest absolute Gasteiger partial charge is 0.429 e. The third kappa shape index (κ3) is 7.94. The maximum Gasteiger partial charge on any atom is 0.482 e. The molecule has 0 aromatic carbocycles. The zero-order valence-electron chi connectivity index (χ0n) is 5.51. The Kier molecular flexibility index (Phi) is 7.90. The zero-order valence-corrected chi connectivity index (χ0v) is 5.51. The summed E-state index contributed by atoms with van der Waals surface area (Å²) in [6, 6.07) is 0. The van der Waals surface area contributed by atoms with Gasteiger partial charge < -0.3 is 15.4 Å². The second kappa shape index (κ2) is 7.94. The molecule has 1 heterocycles. The summed E-state index contributed by atoms with van der Waals surface area (Å²) in [6.45, 7) is 2.50. The lowest BCUT2D eigenvalue weighted by Gasteiger charge is -2.08. The van der Waals surface area contributed by atoms with Crippen molar-refractivity contribution in [2.24, 2.45) is 0 Å². The van der Waals surface area contributed by atoms with E-state index in [2.05, 4.69) is 5.32 Å². The van der Waals surface area contributed by atoms with Gasteiger partial charge in [0.1, 0.15) is 0 Å². The molecule has 0 bridgehead atoms. The number of rotatable bonds is 0. The molecule has 0 aromatic rings. The summed E-state index contributed by atoms with van der Waals surface area (Å²) in [6.07, 6.45) is 4.22. The molecule has 1 fully saturated rings. The van der Waals surface area contributed by atoms with E-state index in [-0.39, 0.29) is 7.69 Å². The van der Waals surface area contributed by atoms with Gasteiger partial charge in [-0.3, -0.25) is 0 Å². The fraction of sp³-hybridized carbons (Fsp3) is 1.00. The van der Waals surface area contributed by atoms with Crippen LogP contribution in [-0.2, 0) is 0 Å². The van der Waals surface area contributed by atoms with Crippen LogP contribution in [0.1, 0.15) is 19.3 Å². The van der Waals surface area contributed by atoms with Gasteiger partial charge in [-0.25, -0.2) is 0 Å². The van der Waals surface area contributed by atoms with Crippen molar-refractivity contribution in [2.75, 3.05) is 13.1 Å². The van der Waals surface area contributed by atoms with Gasteiger partial charge in [-0.2, -0.15) is 0 Å². The van der Waals surface area contributed by atoms with E-state index in [1.165, 1.54) is 32.4 Å². The highest BCUT2D eigenvalue weighted by Crippen LogP contribution is 1.96.